The number of likely N-dealkylation sites (N-methyl/N-ethyl adjacent to an activating group) is 1. The monoisotopic (exact) mass is 392 g/mol. The Bertz CT molecular complexity index is 990. The molecule has 0 bridgehead atoms. The average Bonchev–Trinajstić information content (AvgIpc) is 3.08. The summed E-state index contributed by atoms with van der Waals surface area (Å²) in [5.41, 5.74) is 1.40. The highest BCUT2D eigenvalue weighted by Gasteiger charge is 2.16. The van der Waals surface area contributed by atoms with Crippen molar-refractivity contribution < 1.29 is 22.7 Å². The lowest BCUT2D eigenvalue weighted by Crippen LogP contribution is -2.33. The topological polar surface area (TPSA) is 60.2 Å². The predicted molar refractivity (Wildman–Crippen MR) is 97.4 cm³/mol. The second-order valence-electron chi connectivity index (χ2n) is 6.28. The molecule has 9 heteroatoms. The minimum atomic E-state index is -2.91. The Hall–Kier alpha value is -2.94. The van der Waals surface area contributed by atoms with Gasteiger partial charge < -0.3 is 9.64 Å². The third-order valence-corrected chi connectivity index (χ3v) is 4.40. The van der Waals surface area contributed by atoms with E-state index in [0.717, 1.165) is 12.1 Å². The van der Waals surface area contributed by atoms with Gasteiger partial charge in [0.2, 0.25) is 5.91 Å². The summed E-state index contributed by atoms with van der Waals surface area (Å²) in [5, 5.41) is 4.19. The molecule has 0 spiro atoms. The van der Waals surface area contributed by atoms with Crippen LogP contribution in [-0.4, -0.2) is 52.9 Å². The molecule has 0 atom stereocenters. The van der Waals surface area contributed by atoms with Gasteiger partial charge in [0.25, 0.3) is 6.43 Å². The number of halogens is 3. The first-order chi connectivity index (χ1) is 13.4. The lowest BCUT2D eigenvalue weighted by atomic mass is 10.0. The summed E-state index contributed by atoms with van der Waals surface area (Å²) < 4.78 is 46.0. The molecular weight excluding hydrogens is 373 g/mol. The average molecular weight is 392 g/mol. The van der Waals surface area contributed by atoms with Gasteiger partial charge in [0.05, 0.1) is 23.9 Å². The van der Waals surface area contributed by atoms with Crippen molar-refractivity contribution in [2.75, 3.05) is 27.3 Å². The molecule has 0 saturated heterocycles. The molecule has 0 aliphatic rings. The number of fused-ring (bicyclic) bond motifs is 1. The molecule has 0 N–H and O–H groups in total. The highest BCUT2D eigenvalue weighted by atomic mass is 19.3. The number of benzene rings is 1. The predicted octanol–water partition coefficient (Wildman–Crippen LogP) is 3.28. The minimum absolute atomic E-state index is 0.000545. The van der Waals surface area contributed by atoms with Gasteiger partial charge in [-0.05, 0) is 23.8 Å². The summed E-state index contributed by atoms with van der Waals surface area (Å²) in [4.78, 5) is 18.1. The van der Waals surface area contributed by atoms with Gasteiger partial charge >= 0.3 is 0 Å². The molecule has 1 amide bonds. The molecule has 148 valence electrons. The highest BCUT2D eigenvalue weighted by molar-refractivity contribution is 5.83. The van der Waals surface area contributed by atoms with Crippen molar-refractivity contribution in [2.45, 2.75) is 13.0 Å². The second-order valence-corrected chi connectivity index (χ2v) is 6.28. The molecular formula is C19H19F3N4O2. The van der Waals surface area contributed by atoms with E-state index >= 15 is 0 Å². The summed E-state index contributed by atoms with van der Waals surface area (Å²) >= 11 is 0. The van der Waals surface area contributed by atoms with Crippen LogP contribution in [0.5, 0.6) is 0 Å². The maximum absolute atomic E-state index is 13.6. The van der Waals surface area contributed by atoms with Crippen molar-refractivity contribution in [1.29, 1.82) is 0 Å². The van der Waals surface area contributed by atoms with Gasteiger partial charge in [-0.3, -0.25) is 14.5 Å². The Morgan fingerprint density at radius 3 is 2.75 bits per heavy atom. The smallest absolute Gasteiger partial charge is 0.266 e. The first kappa shape index (κ1) is 19.8. The summed E-state index contributed by atoms with van der Waals surface area (Å²) in [5.74, 6) is -1.11. The zero-order valence-electron chi connectivity index (χ0n) is 15.4. The number of hydrogen-bond donors (Lipinski definition) is 0. The van der Waals surface area contributed by atoms with Crippen molar-refractivity contribution >= 4 is 16.9 Å². The molecule has 0 saturated carbocycles. The van der Waals surface area contributed by atoms with Gasteiger partial charge in [-0.1, -0.05) is 6.07 Å². The maximum atomic E-state index is 13.6. The summed E-state index contributed by atoms with van der Waals surface area (Å²) in [6.07, 6.45) is 0.114. The molecule has 0 radical (unpaired) electrons. The molecule has 2 heterocycles. The van der Waals surface area contributed by atoms with E-state index in [4.69, 9.17) is 4.74 Å². The highest BCUT2D eigenvalue weighted by Crippen LogP contribution is 2.29. The lowest BCUT2D eigenvalue weighted by Gasteiger charge is -2.16. The number of methoxy groups -OCH3 is 1. The van der Waals surface area contributed by atoms with Gasteiger partial charge in [0, 0.05) is 32.5 Å². The normalized spacial score (nSPS) is 11.4. The molecule has 6 nitrogen and oxygen atoms in total. The lowest BCUT2D eigenvalue weighted by molar-refractivity contribution is -0.131. The number of rotatable bonds is 7. The van der Waals surface area contributed by atoms with Gasteiger partial charge in [-0.15, -0.1) is 0 Å². The Morgan fingerprint density at radius 1 is 1.25 bits per heavy atom. The molecule has 0 unspecified atom stereocenters. The fraction of sp³-hybridized carbons (Fsp3) is 0.316. The summed E-state index contributed by atoms with van der Waals surface area (Å²) in [7, 11) is 3.22. The van der Waals surface area contributed by atoms with E-state index in [1.807, 2.05) is 0 Å². The maximum Gasteiger partial charge on any atom is 0.266 e. The van der Waals surface area contributed by atoms with Crippen LogP contribution >= 0.6 is 0 Å². The van der Waals surface area contributed by atoms with E-state index in [1.54, 1.807) is 20.2 Å². The van der Waals surface area contributed by atoms with Crippen LogP contribution in [0, 0.1) is 5.82 Å². The number of hydrogen-bond acceptors (Lipinski definition) is 4. The summed E-state index contributed by atoms with van der Waals surface area (Å²) in [6, 6.07) is 5.22. The number of nitrogens with zero attached hydrogens (tertiary/aromatic N) is 4. The standard InChI is InChI=1S/C19H19F3N4O2/c1-25(5-6-28-2)18(27)11-26-17-8-13(9-23-16(17)10-24-26)12-3-4-15(20)14(7-12)19(21)22/h3-4,7-10,19H,5-6,11H2,1-2H3. The number of pyridine rings is 1. The molecule has 1 aromatic carbocycles. The van der Waals surface area contributed by atoms with Gasteiger partial charge in [-0.25, -0.2) is 13.2 Å². The van der Waals surface area contributed by atoms with E-state index in [9.17, 15) is 18.0 Å². The van der Waals surface area contributed by atoms with Gasteiger partial charge in [0.15, 0.2) is 0 Å². The van der Waals surface area contributed by atoms with Crippen molar-refractivity contribution in [3.63, 3.8) is 0 Å². The van der Waals surface area contributed by atoms with Crippen molar-refractivity contribution in [3.05, 3.63) is 48.0 Å². The van der Waals surface area contributed by atoms with E-state index in [1.165, 1.54) is 28.0 Å². The van der Waals surface area contributed by atoms with E-state index in [2.05, 4.69) is 10.1 Å². The Kier molecular flexibility index (Phi) is 5.93. The number of ether oxygens (including phenoxy) is 1. The molecule has 2 aromatic heterocycles. The molecule has 0 fully saturated rings. The molecule has 0 aliphatic heterocycles. The zero-order chi connectivity index (χ0) is 20.3. The molecule has 3 rings (SSSR count). The van der Waals surface area contributed by atoms with Crippen LogP contribution < -0.4 is 0 Å². The van der Waals surface area contributed by atoms with Gasteiger partial charge in [-0.2, -0.15) is 5.10 Å². The van der Waals surface area contributed by atoms with Crippen LogP contribution in [0.2, 0.25) is 0 Å². The fourth-order valence-corrected chi connectivity index (χ4v) is 2.73. The molecule has 3 aromatic rings. The third-order valence-electron chi connectivity index (χ3n) is 4.40. The number of alkyl halides is 2. The second kappa shape index (κ2) is 8.39. The van der Waals surface area contributed by atoms with Crippen LogP contribution in [0.1, 0.15) is 12.0 Å². The SMILES string of the molecule is COCCN(C)C(=O)Cn1ncc2ncc(-c3ccc(F)c(C(F)F)c3)cc21. The quantitative estimate of drug-likeness (QED) is 0.619. The van der Waals surface area contributed by atoms with Crippen LogP contribution in [0.15, 0.2) is 36.7 Å². The van der Waals surface area contributed by atoms with Gasteiger partial charge in [0.1, 0.15) is 17.9 Å². The Morgan fingerprint density at radius 2 is 2.04 bits per heavy atom. The Balaban J connectivity index is 1.91. The van der Waals surface area contributed by atoms with E-state index in [0.29, 0.717) is 35.3 Å². The van der Waals surface area contributed by atoms with E-state index < -0.39 is 17.8 Å². The van der Waals surface area contributed by atoms with E-state index in [-0.39, 0.29) is 12.5 Å². The molecule has 0 aliphatic carbocycles. The van der Waals surface area contributed by atoms with Crippen molar-refractivity contribution in [3.8, 4) is 11.1 Å². The first-order valence-electron chi connectivity index (χ1n) is 8.53. The van der Waals surface area contributed by atoms with Crippen molar-refractivity contribution in [2.24, 2.45) is 0 Å². The van der Waals surface area contributed by atoms with Crippen LogP contribution in [-0.2, 0) is 16.1 Å². The fourth-order valence-electron chi connectivity index (χ4n) is 2.73. The van der Waals surface area contributed by atoms with Crippen LogP contribution in [0.4, 0.5) is 13.2 Å². The van der Waals surface area contributed by atoms with Crippen LogP contribution in [0.3, 0.4) is 0 Å². The number of carbonyl (C=O) groups excluding carboxylic acids is 1. The number of aromatic nitrogens is 3. The molecule has 28 heavy (non-hydrogen) atoms. The zero-order valence-corrected chi connectivity index (χ0v) is 15.4. The third kappa shape index (κ3) is 4.14. The largest absolute Gasteiger partial charge is 0.383 e. The Labute approximate surface area is 159 Å². The van der Waals surface area contributed by atoms with Crippen molar-refractivity contribution in [1.82, 2.24) is 19.7 Å². The van der Waals surface area contributed by atoms with Crippen LogP contribution in [0.25, 0.3) is 22.2 Å². The number of amides is 1. The number of carbonyl (C=O) groups is 1. The first-order valence-corrected chi connectivity index (χ1v) is 8.53. The minimum Gasteiger partial charge on any atom is -0.383 e. The summed E-state index contributed by atoms with van der Waals surface area (Å²) in [6.45, 7) is 0.870.